The van der Waals surface area contributed by atoms with Gasteiger partial charge in [0.15, 0.2) is 0 Å². The molecule has 1 heterocycles. The van der Waals surface area contributed by atoms with Gasteiger partial charge in [0, 0.05) is 33.2 Å². The van der Waals surface area contributed by atoms with Gasteiger partial charge < -0.3 is 9.47 Å². The quantitative estimate of drug-likeness (QED) is 0.167. The third kappa shape index (κ3) is 5.31. The van der Waals surface area contributed by atoms with E-state index < -0.39 is 5.41 Å². The van der Waals surface area contributed by atoms with Crippen molar-refractivity contribution in [1.29, 1.82) is 0 Å². The maximum atomic E-state index is 2.55. The Morgan fingerprint density at radius 3 is 1.58 bits per heavy atom. The van der Waals surface area contributed by atoms with E-state index in [1.54, 1.807) is 0 Å². The van der Waals surface area contributed by atoms with Crippen LogP contribution in [0.2, 0.25) is 0 Å². The monoisotopic (exact) mass is 874 g/mol. The first-order valence-electron chi connectivity index (χ1n) is 24.0. The average molecular weight is 875 g/mol. The van der Waals surface area contributed by atoms with Crippen LogP contribution in [0.3, 0.4) is 0 Å². The number of para-hydroxylation sites is 2. The SMILES string of the molecule is c1ccc(-c2ccc3c(c2)C2(c4cc(N(c5ccc6c7ccccc7n(-c7ccccc7)c6c5)c5cccc6ccccc56)ccc4-c4cccc5cccc2c45)c2cccc4cccc-3c24)cc1. The van der Waals surface area contributed by atoms with Crippen LogP contribution in [-0.2, 0) is 5.41 Å². The zero-order chi connectivity index (χ0) is 45.2. The molecular formula is C67H42N2. The van der Waals surface area contributed by atoms with Crippen molar-refractivity contribution in [3.63, 3.8) is 0 Å². The number of fused-ring (bicyclic) bond motifs is 12. The standard InChI is InChI=1S/C67H42N2/c1-3-16-43(17-4-1)47-34-37-52-56-28-11-20-45-22-13-30-58(65(45)56)67(60(52)40-47)59-31-14-23-46-21-12-29-57(66(46)59)53-38-35-49(41-61(53)67)68(62-33-15-19-44-18-7-8-26-51(44)62)50-36-39-55-54-27-9-10-32-63(54)69(64(55)42-50)48-24-5-2-6-25-48/h1-42H. The van der Waals surface area contributed by atoms with Crippen LogP contribution in [0.1, 0.15) is 22.3 Å². The predicted molar refractivity (Wildman–Crippen MR) is 290 cm³/mol. The van der Waals surface area contributed by atoms with E-state index in [4.69, 9.17) is 0 Å². The van der Waals surface area contributed by atoms with E-state index in [1.807, 2.05) is 0 Å². The third-order valence-electron chi connectivity index (χ3n) is 15.3. The molecule has 0 bridgehead atoms. The van der Waals surface area contributed by atoms with Crippen LogP contribution in [-0.4, -0.2) is 4.57 Å². The van der Waals surface area contributed by atoms with Gasteiger partial charge in [-0.25, -0.2) is 0 Å². The molecule has 1 atom stereocenters. The molecule has 1 spiro atoms. The molecule has 12 aromatic carbocycles. The molecule has 2 aliphatic carbocycles. The van der Waals surface area contributed by atoms with Crippen molar-refractivity contribution in [3.05, 3.63) is 277 Å². The van der Waals surface area contributed by atoms with Gasteiger partial charge in [0.2, 0.25) is 0 Å². The minimum absolute atomic E-state index is 0.679. The van der Waals surface area contributed by atoms with Gasteiger partial charge in [0.05, 0.1) is 22.1 Å². The smallest absolute Gasteiger partial charge is 0.0726 e. The highest BCUT2D eigenvalue weighted by Crippen LogP contribution is 2.62. The Bertz CT molecular complexity index is 4230. The number of hydrogen-bond donors (Lipinski definition) is 0. The van der Waals surface area contributed by atoms with Gasteiger partial charge in [-0.15, -0.1) is 0 Å². The number of anilines is 3. The summed E-state index contributed by atoms with van der Waals surface area (Å²) in [4.78, 5) is 2.52. The highest BCUT2D eigenvalue weighted by atomic mass is 15.1. The van der Waals surface area contributed by atoms with Gasteiger partial charge in [-0.3, -0.25) is 0 Å². The summed E-state index contributed by atoms with van der Waals surface area (Å²) in [5.41, 5.74) is 18.9. The molecule has 0 radical (unpaired) electrons. The fourth-order valence-corrected chi connectivity index (χ4v) is 12.5. The zero-order valence-corrected chi connectivity index (χ0v) is 37.6. The maximum Gasteiger partial charge on any atom is 0.0726 e. The van der Waals surface area contributed by atoms with Gasteiger partial charge >= 0.3 is 0 Å². The normalized spacial score (nSPS) is 14.4. The first-order chi connectivity index (χ1) is 34.2. The number of aromatic nitrogens is 1. The van der Waals surface area contributed by atoms with E-state index >= 15 is 0 Å². The summed E-state index contributed by atoms with van der Waals surface area (Å²) in [5, 5.41) is 10.0. The second-order valence-electron chi connectivity index (χ2n) is 18.7. The van der Waals surface area contributed by atoms with Crippen LogP contribution < -0.4 is 4.90 Å². The molecule has 2 heteroatoms. The molecular weight excluding hydrogens is 833 g/mol. The molecule has 2 nitrogen and oxygen atoms in total. The van der Waals surface area contributed by atoms with Crippen molar-refractivity contribution in [2.75, 3.05) is 4.90 Å². The minimum atomic E-state index is -0.679. The summed E-state index contributed by atoms with van der Waals surface area (Å²) in [6, 6.07) is 95.4. The number of hydrogen-bond acceptors (Lipinski definition) is 1. The van der Waals surface area contributed by atoms with Gasteiger partial charge in [-0.1, -0.05) is 200 Å². The van der Waals surface area contributed by atoms with Crippen molar-refractivity contribution in [3.8, 4) is 39.1 Å². The highest BCUT2D eigenvalue weighted by Gasteiger charge is 2.49. The molecule has 1 unspecified atom stereocenters. The van der Waals surface area contributed by atoms with E-state index in [0.717, 1.165) is 28.3 Å². The number of benzene rings is 12. The molecule has 2 aliphatic rings. The van der Waals surface area contributed by atoms with Gasteiger partial charge in [-0.05, 0) is 137 Å². The molecule has 0 aliphatic heterocycles. The van der Waals surface area contributed by atoms with Crippen molar-refractivity contribution in [2.24, 2.45) is 0 Å². The fourth-order valence-electron chi connectivity index (χ4n) is 12.5. The Labute approximate surface area is 400 Å². The van der Waals surface area contributed by atoms with Crippen molar-refractivity contribution < 1.29 is 0 Å². The first-order valence-corrected chi connectivity index (χ1v) is 24.0. The van der Waals surface area contributed by atoms with Gasteiger partial charge in [0.25, 0.3) is 0 Å². The summed E-state index contributed by atoms with van der Waals surface area (Å²) in [6.45, 7) is 0. The fraction of sp³-hybridized carbons (Fsp3) is 0.0149. The summed E-state index contributed by atoms with van der Waals surface area (Å²) in [5.74, 6) is 0. The van der Waals surface area contributed by atoms with E-state index in [1.165, 1.54) is 104 Å². The lowest BCUT2D eigenvalue weighted by Gasteiger charge is -2.46. The van der Waals surface area contributed by atoms with E-state index in [2.05, 4.69) is 264 Å². The Kier molecular flexibility index (Phi) is 8.02. The third-order valence-corrected chi connectivity index (χ3v) is 15.3. The van der Waals surface area contributed by atoms with Crippen molar-refractivity contribution in [1.82, 2.24) is 4.57 Å². The van der Waals surface area contributed by atoms with Crippen molar-refractivity contribution >= 4 is 71.2 Å². The van der Waals surface area contributed by atoms with Crippen LogP contribution in [0.15, 0.2) is 255 Å². The van der Waals surface area contributed by atoms with Crippen LogP contribution >= 0.6 is 0 Å². The lowest BCUT2D eigenvalue weighted by molar-refractivity contribution is 0.755. The average Bonchev–Trinajstić information content (AvgIpc) is 3.75. The zero-order valence-electron chi connectivity index (χ0n) is 37.6. The van der Waals surface area contributed by atoms with Crippen LogP contribution in [0.25, 0.3) is 93.2 Å². The van der Waals surface area contributed by atoms with Crippen molar-refractivity contribution in [2.45, 2.75) is 5.41 Å². The summed E-state index contributed by atoms with van der Waals surface area (Å²) >= 11 is 0. The largest absolute Gasteiger partial charge is 0.310 e. The molecule has 15 rings (SSSR count). The molecule has 0 saturated heterocycles. The summed E-state index contributed by atoms with van der Waals surface area (Å²) in [7, 11) is 0. The summed E-state index contributed by atoms with van der Waals surface area (Å²) in [6.07, 6.45) is 0. The molecule has 13 aromatic rings. The van der Waals surface area contributed by atoms with Gasteiger partial charge in [0.1, 0.15) is 0 Å². The van der Waals surface area contributed by atoms with E-state index in [9.17, 15) is 0 Å². The summed E-state index contributed by atoms with van der Waals surface area (Å²) < 4.78 is 2.43. The Morgan fingerprint density at radius 2 is 0.841 bits per heavy atom. The predicted octanol–water partition coefficient (Wildman–Crippen LogP) is 17.7. The van der Waals surface area contributed by atoms with Gasteiger partial charge in [-0.2, -0.15) is 0 Å². The lowest BCUT2D eigenvalue weighted by atomic mass is 9.55. The molecule has 0 fully saturated rings. The van der Waals surface area contributed by atoms with Crippen LogP contribution in [0.5, 0.6) is 0 Å². The van der Waals surface area contributed by atoms with E-state index in [0.29, 0.717) is 0 Å². The number of nitrogens with zero attached hydrogens (tertiary/aromatic N) is 2. The Morgan fingerprint density at radius 1 is 0.304 bits per heavy atom. The lowest BCUT2D eigenvalue weighted by Crippen LogP contribution is -2.36. The number of rotatable bonds is 5. The highest BCUT2D eigenvalue weighted by molar-refractivity contribution is 6.13. The molecule has 69 heavy (non-hydrogen) atoms. The molecule has 1 aromatic heterocycles. The van der Waals surface area contributed by atoms with Crippen LogP contribution in [0.4, 0.5) is 17.1 Å². The first kappa shape index (κ1) is 38.2. The second-order valence-corrected chi connectivity index (χ2v) is 18.7. The van der Waals surface area contributed by atoms with Crippen LogP contribution in [0, 0.1) is 0 Å². The Balaban J connectivity index is 1.08. The maximum absolute atomic E-state index is 2.55. The topological polar surface area (TPSA) is 8.17 Å². The molecule has 0 saturated carbocycles. The minimum Gasteiger partial charge on any atom is -0.310 e. The molecule has 0 N–H and O–H groups in total. The Hall–Kier alpha value is -8.98. The molecule has 0 amide bonds. The second kappa shape index (κ2) is 14.5. The molecule has 320 valence electrons. The van der Waals surface area contributed by atoms with E-state index in [-0.39, 0.29) is 0 Å².